The summed E-state index contributed by atoms with van der Waals surface area (Å²) in [6.07, 6.45) is 1.21. The van der Waals surface area contributed by atoms with E-state index in [0.29, 0.717) is 35.8 Å². The molecule has 9 heteroatoms. The quantitative estimate of drug-likeness (QED) is 0.725. The Morgan fingerprint density at radius 2 is 1.93 bits per heavy atom. The first-order valence-electron chi connectivity index (χ1n) is 9.13. The van der Waals surface area contributed by atoms with Crippen LogP contribution in [0.25, 0.3) is 0 Å². The van der Waals surface area contributed by atoms with Gasteiger partial charge < -0.3 is 10.1 Å². The first kappa shape index (κ1) is 21.9. The summed E-state index contributed by atoms with van der Waals surface area (Å²) in [7, 11) is -2.31. The maximum Gasteiger partial charge on any atom is 0.243 e. The highest BCUT2D eigenvalue weighted by molar-refractivity contribution is 7.89. The molecule has 1 aliphatic heterocycles. The van der Waals surface area contributed by atoms with Crippen molar-refractivity contribution in [3.8, 4) is 5.75 Å². The Kier molecular flexibility index (Phi) is 6.73. The number of piperidine rings is 1. The minimum Gasteiger partial charge on any atom is -0.495 e. The van der Waals surface area contributed by atoms with Crippen molar-refractivity contribution in [1.29, 1.82) is 0 Å². The largest absolute Gasteiger partial charge is 0.495 e. The molecule has 0 aromatic heterocycles. The number of carbonyl (C=O) groups is 1. The second-order valence-corrected chi connectivity index (χ2v) is 9.70. The van der Waals surface area contributed by atoms with Gasteiger partial charge in [0.1, 0.15) is 5.75 Å². The highest BCUT2D eigenvalue weighted by Crippen LogP contribution is 2.30. The third-order valence-corrected chi connectivity index (χ3v) is 7.52. The number of benzene rings is 2. The van der Waals surface area contributed by atoms with Crippen molar-refractivity contribution in [1.82, 2.24) is 4.31 Å². The van der Waals surface area contributed by atoms with Crippen molar-refractivity contribution in [2.75, 3.05) is 25.5 Å². The highest BCUT2D eigenvalue weighted by atomic mass is 35.5. The van der Waals surface area contributed by atoms with E-state index >= 15 is 0 Å². The number of methoxy groups -OCH3 is 1. The number of amides is 1. The van der Waals surface area contributed by atoms with E-state index < -0.39 is 15.9 Å². The Balaban J connectivity index is 1.74. The maximum absolute atomic E-state index is 13.0. The van der Waals surface area contributed by atoms with Gasteiger partial charge in [0.15, 0.2) is 0 Å². The second kappa shape index (κ2) is 8.92. The fraction of sp³-hybridized carbons (Fsp3) is 0.350. The van der Waals surface area contributed by atoms with Crippen LogP contribution < -0.4 is 10.1 Å². The van der Waals surface area contributed by atoms with Crippen molar-refractivity contribution in [2.24, 2.45) is 5.92 Å². The second-order valence-electron chi connectivity index (χ2n) is 6.95. The van der Waals surface area contributed by atoms with E-state index in [0.717, 1.165) is 5.56 Å². The van der Waals surface area contributed by atoms with Crippen molar-refractivity contribution in [3.05, 3.63) is 52.0 Å². The lowest BCUT2D eigenvalue weighted by Gasteiger charge is -2.31. The molecule has 29 heavy (non-hydrogen) atoms. The lowest BCUT2D eigenvalue weighted by atomic mass is 9.98. The highest BCUT2D eigenvalue weighted by Gasteiger charge is 2.33. The molecule has 0 aliphatic carbocycles. The van der Waals surface area contributed by atoms with E-state index in [4.69, 9.17) is 27.9 Å². The van der Waals surface area contributed by atoms with E-state index in [2.05, 4.69) is 5.32 Å². The SMILES string of the molecule is COc1ccc(S(=O)(=O)N2CCCC(C(=O)Nc3ccc(C)c(Cl)c3)C2)cc1Cl. The van der Waals surface area contributed by atoms with Gasteiger partial charge in [0, 0.05) is 23.8 Å². The van der Waals surface area contributed by atoms with Crippen LogP contribution >= 0.6 is 23.2 Å². The van der Waals surface area contributed by atoms with Crippen LogP contribution in [0.3, 0.4) is 0 Å². The van der Waals surface area contributed by atoms with Crippen molar-refractivity contribution in [2.45, 2.75) is 24.7 Å². The molecule has 1 N–H and O–H groups in total. The number of hydrogen-bond donors (Lipinski definition) is 1. The molecule has 0 saturated carbocycles. The number of nitrogens with one attached hydrogen (secondary N) is 1. The van der Waals surface area contributed by atoms with Gasteiger partial charge >= 0.3 is 0 Å². The molecular formula is C20H22Cl2N2O4S. The zero-order valence-corrected chi connectivity index (χ0v) is 18.4. The van der Waals surface area contributed by atoms with Gasteiger partial charge in [-0.3, -0.25) is 4.79 Å². The summed E-state index contributed by atoms with van der Waals surface area (Å²) in [5.41, 5.74) is 1.50. The molecule has 1 amide bonds. The topological polar surface area (TPSA) is 75.7 Å². The summed E-state index contributed by atoms with van der Waals surface area (Å²) in [6, 6.07) is 9.63. The van der Waals surface area contributed by atoms with Gasteiger partial charge in [0.25, 0.3) is 0 Å². The number of sulfonamides is 1. The van der Waals surface area contributed by atoms with Crippen molar-refractivity contribution >= 4 is 44.8 Å². The number of aryl methyl sites for hydroxylation is 1. The molecule has 1 heterocycles. The molecule has 1 unspecified atom stereocenters. The third kappa shape index (κ3) is 4.86. The minimum absolute atomic E-state index is 0.0784. The van der Waals surface area contributed by atoms with Gasteiger partial charge in [0.05, 0.1) is 22.9 Å². The number of carbonyl (C=O) groups excluding carboxylic acids is 1. The Hall–Kier alpha value is -1.80. The zero-order chi connectivity index (χ0) is 21.2. The van der Waals surface area contributed by atoms with Crippen LogP contribution in [0, 0.1) is 12.8 Å². The molecule has 1 atom stereocenters. The predicted octanol–water partition coefficient (Wildman–Crippen LogP) is 4.35. The number of nitrogens with zero attached hydrogens (tertiary/aromatic N) is 1. The standard InChI is InChI=1S/C20H22Cl2N2O4S/c1-13-5-6-15(10-17(13)21)23-20(25)14-4-3-9-24(12-14)29(26,27)16-7-8-19(28-2)18(22)11-16/h5-8,10-11,14H,3-4,9,12H2,1-2H3,(H,23,25). The normalized spacial score (nSPS) is 17.7. The minimum atomic E-state index is -3.77. The summed E-state index contributed by atoms with van der Waals surface area (Å²) in [4.78, 5) is 12.8. The Bertz CT molecular complexity index is 1030. The van der Waals surface area contributed by atoms with Crippen LogP contribution in [-0.4, -0.2) is 38.8 Å². The Morgan fingerprint density at radius 3 is 2.59 bits per heavy atom. The Morgan fingerprint density at radius 1 is 1.17 bits per heavy atom. The molecule has 3 rings (SSSR count). The van der Waals surface area contributed by atoms with Gasteiger partial charge in [-0.1, -0.05) is 29.3 Å². The Labute approximate surface area is 180 Å². The van der Waals surface area contributed by atoms with Crippen LogP contribution in [0.2, 0.25) is 10.0 Å². The van der Waals surface area contributed by atoms with E-state index in [9.17, 15) is 13.2 Å². The van der Waals surface area contributed by atoms with E-state index in [1.165, 1.54) is 29.6 Å². The molecule has 1 fully saturated rings. The third-order valence-electron chi connectivity index (χ3n) is 4.96. The summed E-state index contributed by atoms with van der Waals surface area (Å²) in [6.45, 7) is 2.34. The van der Waals surface area contributed by atoms with E-state index in [-0.39, 0.29) is 22.4 Å². The first-order chi connectivity index (χ1) is 13.7. The van der Waals surface area contributed by atoms with Crippen LogP contribution in [0.5, 0.6) is 5.75 Å². The van der Waals surface area contributed by atoms with E-state index in [1.54, 1.807) is 12.1 Å². The van der Waals surface area contributed by atoms with Crippen LogP contribution in [-0.2, 0) is 14.8 Å². The fourth-order valence-corrected chi connectivity index (χ4v) is 5.30. The van der Waals surface area contributed by atoms with Crippen molar-refractivity contribution < 1.29 is 17.9 Å². The first-order valence-corrected chi connectivity index (χ1v) is 11.3. The van der Waals surface area contributed by atoms with Crippen LogP contribution in [0.1, 0.15) is 18.4 Å². The van der Waals surface area contributed by atoms with E-state index in [1.807, 2.05) is 13.0 Å². The van der Waals surface area contributed by atoms with Gasteiger partial charge in [-0.15, -0.1) is 0 Å². The fourth-order valence-electron chi connectivity index (χ4n) is 3.25. The number of hydrogen-bond acceptors (Lipinski definition) is 4. The monoisotopic (exact) mass is 456 g/mol. The molecule has 0 bridgehead atoms. The lowest BCUT2D eigenvalue weighted by molar-refractivity contribution is -0.120. The molecular weight excluding hydrogens is 435 g/mol. The van der Waals surface area contributed by atoms with Gasteiger partial charge in [0.2, 0.25) is 15.9 Å². The number of rotatable bonds is 5. The number of ether oxygens (including phenoxy) is 1. The zero-order valence-electron chi connectivity index (χ0n) is 16.1. The summed E-state index contributed by atoms with van der Waals surface area (Å²) in [5.74, 6) is -0.275. The molecule has 1 saturated heterocycles. The number of anilines is 1. The van der Waals surface area contributed by atoms with Gasteiger partial charge in [-0.05, 0) is 55.7 Å². The summed E-state index contributed by atoms with van der Waals surface area (Å²) in [5, 5.41) is 3.61. The van der Waals surface area contributed by atoms with Crippen molar-refractivity contribution in [3.63, 3.8) is 0 Å². The molecule has 2 aromatic carbocycles. The number of halogens is 2. The van der Waals surface area contributed by atoms with Gasteiger partial charge in [-0.2, -0.15) is 4.31 Å². The summed E-state index contributed by atoms with van der Waals surface area (Å²) >= 11 is 12.2. The maximum atomic E-state index is 13.0. The molecule has 0 spiro atoms. The molecule has 156 valence electrons. The smallest absolute Gasteiger partial charge is 0.243 e. The summed E-state index contributed by atoms with van der Waals surface area (Å²) < 4.78 is 32.5. The van der Waals surface area contributed by atoms with Crippen LogP contribution in [0.4, 0.5) is 5.69 Å². The molecule has 1 aliphatic rings. The molecule has 0 radical (unpaired) electrons. The van der Waals surface area contributed by atoms with Crippen LogP contribution in [0.15, 0.2) is 41.3 Å². The average molecular weight is 457 g/mol. The lowest BCUT2D eigenvalue weighted by Crippen LogP contribution is -2.43. The van der Waals surface area contributed by atoms with Gasteiger partial charge in [-0.25, -0.2) is 8.42 Å². The predicted molar refractivity (Wildman–Crippen MR) is 114 cm³/mol. The molecule has 6 nitrogen and oxygen atoms in total. The molecule has 2 aromatic rings. The average Bonchev–Trinajstić information content (AvgIpc) is 2.70.